The van der Waals surface area contributed by atoms with E-state index in [1.807, 2.05) is 6.07 Å². The molecule has 1 aliphatic rings. The van der Waals surface area contributed by atoms with Gasteiger partial charge in [0.05, 0.1) is 23.4 Å². The molecule has 29 heavy (non-hydrogen) atoms. The Hall–Kier alpha value is -3.80. The topological polar surface area (TPSA) is 92.4 Å². The quantitative estimate of drug-likeness (QED) is 0.567. The summed E-state index contributed by atoms with van der Waals surface area (Å²) in [5.74, 6) is 0.298. The van der Waals surface area contributed by atoms with Crippen molar-refractivity contribution in [1.29, 1.82) is 5.26 Å². The lowest BCUT2D eigenvalue weighted by Crippen LogP contribution is -2.15. The number of alkyl halides is 2. The van der Waals surface area contributed by atoms with Crippen LogP contribution in [-0.4, -0.2) is 31.3 Å². The molecule has 0 aliphatic carbocycles. The number of ether oxygens (including phenoxy) is 1. The molecular weight excluding hydrogens is 378 g/mol. The van der Waals surface area contributed by atoms with Crippen LogP contribution in [0.5, 0.6) is 5.88 Å². The Morgan fingerprint density at radius 1 is 1.24 bits per heavy atom. The lowest BCUT2D eigenvalue weighted by Gasteiger charge is -2.16. The summed E-state index contributed by atoms with van der Waals surface area (Å²) in [6, 6.07) is 7.40. The molecule has 144 valence electrons. The van der Waals surface area contributed by atoms with Gasteiger partial charge in [-0.2, -0.15) is 10.4 Å². The summed E-state index contributed by atoms with van der Waals surface area (Å²) in [5, 5.41) is 14.4. The number of aromatic nitrogens is 5. The first-order chi connectivity index (χ1) is 14.2. The molecule has 0 bridgehead atoms. The molecule has 0 atom stereocenters. The maximum Gasteiger partial charge on any atom is 0.282 e. The molecule has 5 rings (SSSR count). The Bertz CT molecular complexity index is 1270. The molecule has 0 radical (unpaired) electrons. The van der Waals surface area contributed by atoms with E-state index >= 15 is 0 Å². The standard InChI is InChI=1S/C20H14F2N6O/c21-18(22)17-15(20-28(27-17)7-2-8-29-20)16-14(12-4-6-24-10-11(12)9-23)13-3-1-5-25-19(13)26-16/h1,3-6,10,18H,2,7-8H2,(H,25,26). The fraction of sp³-hybridized carbons (Fsp3) is 0.200. The van der Waals surface area contributed by atoms with E-state index in [1.165, 1.54) is 10.9 Å². The number of nitrogens with one attached hydrogen (secondary N) is 1. The normalized spacial score (nSPS) is 13.3. The van der Waals surface area contributed by atoms with Gasteiger partial charge in [-0.3, -0.25) is 4.98 Å². The van der Waals surface area contributed by atoms with E-state index in [0.29, 0.717) is 58.9 Å². The van der Waals surface area contributed by atoms with Crippen LogP contribution >= 0.6 is 0 Å². The molecule has 1 aliphatic heterocycles. The van der Waals surface area contributed by atoms with Crippen molar-refractivity contribution in [2.45, 2.75) is 19.4 Å². The summed E-state index contributed by atoms with van der Waals surface area (Å²) in [4.78, 5) is 11.5. The SMILES string of the molecule is N#Cc1cnccc1-c1c(-c2c(C(F)F)nn3c2OCCC3)[nH]c2ncccc12. The molecule has 0 unspecified atom stereocenters. The molecule has 1 N–H and O–H groups in total. The second-order valence-electron chi connectivity index (χ2n) is 6.60. The van der Waals surface area contributed by atoms with Crippen LogP contribution in [-0.2, 0) is 6.54 Å². The van der Waals surface area contributed by atoms with Gasteiger partial charge in [0.2, 0.25) is 5.88 Å². The fourth-order valence-electron chi connectivity index (χ4n) is 3.72. The number of nitrogens with zero attached hydrogens (tertiary/aromatic N) is 5. The van der Waals surface area contributed by atoms with E-state index in [1.54, 1.807) is 24.5 Å². The monoisotopic (exact) mass is 392 g/mol. The summed E-state index contributed by atoms with van der Waals surface area (Å²) in [6.07, 6.45) is 2.54. The van der Waals surface area contributed by atoms with Gasteiger partial charge in [0.1, 0.15) is 17.4 Å². The number of hydrogen-bond acceptors (Lipinski definition) is 5. The molecule has 0 aromatic carbocycles. The van der Waals surface area contributed by atoms with Gasteiger partial charge in [-0.15, -0.1) is 0 Å². The molecule has 0 amide bonds. The second kappa shape index (κ2) is 6.67. The van der Waals surface area contributed by atoms with Crippen LogP contribution in [0, 0.1) is 11.3 Å². The van der Waals surface area contributed by atoms with Gasteiger partial charge in [-0.1, -0.05) is 0 Å². The number of aryl methyl sites for hydroxylation is 1. The molecule has 9 heteroatoms. The van der Waals surface area contributed by atoms with E-state index in [4.69, 9.17) is 4.74 Å². The molecule has 5 heterocycles. The number of rotatable bonds is 3. The molecule has 4 aromatic rings. The minimum atomic E-state index is -2.79. The van der Waals surface area contributed by atoms with Crippen molar-refractivity contribution in [2.24, 2.45) is 0 Å². The lowest BCUT2D eigenvalue weighted by atomic mass is 9.96. The van der Waals surface area contributed by atoms with Crippen LogP contribution in [0.3, 0.4) is 0 Å². The van der Waals surface area contributed by atoms with Crippen molar-refractivity contribution in [1.82, 2.24) is 24.7 Å². The first-order valence-electron chi connectivity index (χ1n) is 9.02. The van der Waals surface area contributed by atoms with E-state index in [9.17, 15) is 14.0 Å². The molecule has 7 nitrogen and oxygen atoms in total. The number of hydrogen-bond donors (Lipinski definition) is 1. The van der Waals surface area contributed by atoms with Crippen molar-refractivity contribution in [3.63, 3.8) is 0 Å². The van der Waals surface area contributed by atoms with Gasteiger partial charge in [-0.25, -0.2) is 18.4 Å². The van der Waals surface area contributed by atoms with Gasteiger partial charge in [0, 0.05) is 48.1 Å². The van der Waals surface area contributed by atoms with Crippen LogP contribution in [0.15, 0.2) is 36.8 Å². The third-order valence-electron chi connectivity index (χ3n) is 4.92. The average molecular weight is 392 g/mol. The minimum absolute atomic E-state index is 0.202. The molecule has 0 fully saturated rings. The smallest absolute Gasteiger partial charge is 0.282 e. The molecular formula is C20H14F2N6O. The first kappa shape index (κ1) is 17.3. The Kier molecular flexibility index (Phi) is 3.98. The number of halogens is 2. The Balaban J connectivity index is 1.89. The maximum atomic E-state index is 13.9. The average Bonchev–Trinajstić information content (AvgIpc) is 3.32. The zero-order valence-corrected chi connectivity index (χ0v) is 15.1. The third-order valence-corrected chi connectivity index (χ3v) is 4.92. The van der Waals surface area contributed by atoms with E-state index in [2.05, 4.69) is 26.1 Å². The van der Waals surface area contributed by atoms with Crippen molar-refractivity contribution < 1.29 is 13.5 Å². The molecule has 0 saturated carbocycles. The summed E-state index contributed by atoms with van der Waals surface area (Å²) in [7, 11) is 0. The zero-order valence-electron chi connectivity index (χ0n) is 15.1. The number of H-pyrrole nitrogens is 1. The summed E-state index contributed by atoms with van der Waals surface area (Å²) in [6.45, 7) is 0.926. The maximum absolute atomic E-state index is 13.9. The molecule has 0 saturated heterocycles. The van der Waals surface area contributed by atoms with Crippen LogP contribution in [0.2, 0.25) is 0 Å². The molecule has 0 spiro atoms. The Morgan fingerprint density at radius 3 is 2.97 bits per heavy atom. The highest BCUT2D eigenvalue weighted by atomic mass is 19.3. The van der Waals surface area contributed by atoms with E-state index < -0.39 is 6.43 Å². The van der Waals surface area contributed by atoms with Crippen LogP contribution < -0.4 is 4.74 Å². The highest BCUT2D eigenvalue weighted by Crippen LogP contribution is 2.46. The number of fused-ring (bicyclic) bond motifs is 2. The van der Waals surface area contributed by atoms with Gasteiger partial charge in [0.15, 0.2) is 0 Å². The van der Waals surface area contributed by atoms with Crippen molar-refractivity contribution in [3.8, 4) is 34.3 Å². The number of pyridine rings is 2. The van der Waals surface area contributed by atoms with Gasteiger partial charge < -0.3 is 9.72 Å². The first-order valence-corrected chi connectivity index (χ1v) is 9.02. The van der Waals surface area contributed by atoms with Crippen LogP contribution in [0.1, 0.15) is 24.1 Å². The predicted octanol–water partition coefficient (Wildman–Crippen LogP) is 4.08. The summed E-state index contributed by atoms with van der Waals surface area (Å²) < 4.78 is 35.0. The second-order valence-corrected chi connectivity index (χ2v) is 6.60. The van der Waals surface area contributed by atoms with Crippen molar-refractivity contribution in [2.75, 3.05) is 6.61 Å². The summed E-state index contributed by atoms with van der Waals surface area (Å²) >= 11 is 0. The van der Waals surface area contributed by atoms with Crippen molar-refractivity contribution >= 4 is 11.0 Å². The van der Waals surface area contributed by atoms with Gasteiger partial charge in [-0.05, 0) is 18.2 Å². The molecule has 4 aromatic heterocycles. The predicted molar refractivity (Wildman–Crippen MR) is 100 cm³/mol. The van der Waals surface area contributed by atoms with Crippen LogP contribution in [0.25, 0.3) is 33.4 Å². The summed E-state index contributed by atoms with van der Waals surface area (Å²) in [5.41, 5.74) is 2.27. The van der Waals surface area contributed by atoms with E-state index in [-0.39, 0.29) is 11.3 Å². The highest BCUT2D eigenvalue weighted by Gasteiger charge is 2.32. The van der Waals surface area contributed by atoms with E-state index in [0.717, 1.165) is 0 Å². The lowest BCUT2D eigenvalue weighted by molar-refractivity contribution is 0.145. The third kappa shape index (κ3) is 2.64. The van der Waals surface area contributed by atoms with Gasteiger partial charge in [0.25, 0.3) is 6.43 Å². The van der Waals surface area contributed by atoms with Gasteiger partial charge >= 0.3 is 0 Å². The largest absolute Gasteiger partial charge is 0.477 e. The highest BCUT2D eigenvalue weighted by molar-refractivity contribution is 6.04. The number of nitriles is 1. The van der Waals surface area contributed by atoms with Crippen molar-refractivity contribution in [3.05, 3.63) is 48.0 Å². The Morgan fingerprint density at radius 2 is 2.14 bits per heavy atom. The van der Waals surface area contributed by atoms with Crippen LogP contribution in [0.4, 0.5) is 8.78 Å². The Labute approximate surface area is 163 Å². The number of aromatic amines is 1. The fourth-order valence-corrected chi connectivity index (χ4v) is 3.72. The zero-order chi connectivity index (χ0) is 20.0. The minimum Gasteiger partial charge on any atom is -0.477 e.